The van der Waals surface area contributed by atoms with Gasteiger partial charge in [-0.15, -0.1) is 0 Å². The first-order valence-corrected chi connectivity index (χ1v) is 13.7. The van der Waals surface area contributed by atoms with Gasteiger partial charge in [-0.3, -0.25) is 4.79 Å². The average Bonchev–Trinajstić information content (AvgIpc) is 2.65. The number of hydrogen-bond acceptors (Lipinski definition) is 5. The van der Waals surface area contributed by atoms with Crippen molar-refractivity contribution in [2.24, 2.45) is 5.92 Å². The summed E-state index contributed by atoms with van der Waals surface area (Å²) in [5.41, 5.74) is 0. The zero-order valence-corrected chi connectivity index (χ0v) is 20.0. The molecular weight excluding hydrogens is 386 g/mol. The highest BCUT2D eigenvalue weighted by molar-refractivity contribution is 7.91. The Morgan fingerprint density at radius 2 is 1.34 bits per heavy atom. The van der Waals surface area contributed by atoms with Crippen molar-refractivity contribution >= 4 is 15.8 Å². The predicted octanol–water partition coefficient (Wildman–Crippen LogP) is 4.99. The summed E-state index contributed by atoms with van der Waals surface area (Å²) in [4.78, 5) is 13.8. The quantitative estimate of drug-likeness (QED) is 0.213. The smallest absolute Gasteiger partial charge is 0.313 e. The molecule has 5 nitrogen and oxygen atoms in total. The number of cyclic esters (lactones) is 1. The minimum atomic E-state index is -2.93. The summed E-state index contributed by atoms with van der Waals surface area (Å²) in [7, 11) is 0.994. The van der Waals surface area contributed by atoms with Gasteiger partial charge in [-0.2, -0.15) is 0 Å². The van der Waals surface area contributed by atoms with Gasteiger partial charge in [0.15, 0.2) is 0 Å². The van der Waals surface area contributed by atoms with E-state index in [1.807, 2.05) is 19.0 Å². The standard InChI is InChI=1S/C23H45NO4S/c1-4-5-6-7-8-9-10-12-16-21-22(28-23(21)25)17-13-11-14-19-29(26,27)20-15-18-24(2)3/h21-22H,4-20H2,1-3H3/t21-,22-/m1/s1. The number of hydrogen-bond donors (Lipinski definition) is 0. The highest BCUT2D eigenvalue weighted by Gasteiger charge is 2.40. The van der Waals surface area contributed by atoms with Gasteiger partial charge < -0.3 is 9.64 Å². The topological polar surface area (TPSA) is 63.7 Å². The number of nitrogens with zero attached hydrogens (tertiary/aromatic N) is 1. The van der Waals surface area contributed by atoms with Crippen molar-refractivity contribution in [3.63, 3.8) is 0 Å². The molecule has 1 heterocycles. The van der Waals surface area contributed by atoms with E-state index >= 15 is 0 Å². The van der Waals surface area contributed by atoms with E-state index in [1.54, 1.807) is 0 Å². The fourth-order valence-electron chi connectivity index (χ4n) is 4.01. The van der Waals surface area contributed by atoms with E-state index in [-0.39, 0.29) is 29.5 Å². The van der Waals surface area contributed by atoms with Crippen LogP contribution in [0.1, 0.15) is 96.8 Å². The van der Waals surface area contributed by atoms with Gasteiger partial charge in [0.05, 0.1) is 17.4 Å². The van der Waals surface area contributed by atoms with Gasteiger partial charge in [-0.05, 0) is 52.7 Å². The molecule has 6 heteroatoms. The third-order valence-corrected chi connectivity index (χ3v) is 7.71. The molecule has 0 aliphatic carbocycles. The number of rotatable bonds is 19. The van der Waals surface area contributed by atoms with Crippen LogP contribution < -0.4 is 0 Å². The predicted molar refractivity (Wildman–Crippen MR) is 121 cm³/mol. The third kappa shape index (κ3) is 12.6. The van der Waals surface area contributed by atoms with Crippen molar-refractivity contribution in [1.82, 2.24) is 4.90 Å². The fourth-order valence-corrected chi connectivity index (χ4v) is 5.42. The molecule has 0 saturated carbocycles. The van der Waals surface area contributed by atoms with E-state index in [1.165, 1.54) is 44.9 Å². The van der Waals surface area contributed by atoms with Gasteiger partial charge in [0.1, 0.15) is 15.9 Å². The molecule has 1 aliphatic rings. The van der Waals surface area contributed by atoms with Crippen LogP contribution in [-0.2, 0) is 19.4 Å². The summed E-state index contributed by atoms with van der Waals surface area (Å²) >= 11 is 0. The zero-order valence-electron chi connectivity index (χ0n) is 19.2. The lowest BCUT2D eigenvalue weighted by Crippen LogP contribution is -2.44. The first-order chi connectivity index (χ1) is 13.9. The van der Waals surface area contributed by atoms with Gasteiger partial charge in [0, 0.05) is 0 Å². The van der Waals surface area contributed by atoms with Crippen LogP contribution in [0, 0.1) is 5.92 Å². The second-order valence-corrected chi connectivity index (χ2v) is 11.3. The SMILES string of the molecule is CCCCCCCCCC[C@H]1C(=O)O[C@@H]1CCCCCS(=O)(=O)CCCN(C)C. The van der Waals surface area contributed by atoms with Crippen molar-refractivity contribution in [2.75, 3.05) is 32.1 Å². The number of esters is 1. The summed E-state index contributed by atoms with van der Waals surface area (Å²) in [5, 5.41) is 0. The molecule has 0 unspecified atom stereocenters. The lowest BCUT2D eigenvalue weighted by molar-refractivity contribution is -0.186. The van der Waals surface area contributed by atoms with E-state index < -0.39 is 9.84 Å². The first kappa shape index (κ1) is 26.4. The average molecular weight is 432 g/mol. The molecular formula is C23H45NO4S. The maximum atomic E-state index is 12.0. The summed E-state index contributed by atoms with van der Waals surface area (Å²) < 4.78 is 29.4. The summed E-state index contributed by atoms with van der Waals surface area (Å²) in [6, 6.07) is 0. The van der Waals surface area contributed by atoms with E-state index in [2.05, 4.69) is 6.92 Å². The lowest BCUT2D eigenvalue weighted by Gasteiger charge is -2.35. The highest BCUT2D eigenvalue weighted by atomic mass is 32.2. The maximum absolute atomic E-state index is 12.0. The second-order valence-electron chi connectivity index (χ2n) is 9.00. The molecule has 1 rings (SSSR count). The lowest BCUT2D eigenvalue weighted by atomic mass is 9.87. The Kier molecular flexibility index (Phi) is 13.9. The number of sulfone groups is 1. The minimum Gasteiger partial charge on any atom is -0.461 e. The van der Waals surface area contributed by atoms with Crippen molar-refractivity contribution in [1.29, 1.82) is 0 Å². The van der Waals surface area contributed by atoms with Crippen LogP contribution >= 0.6 is 0 Å². The van der Waals surface area contributed by atoms with Gasteiger partial charge >= 0.3 is 5.97 Å². The van der Waals surface area contributed by atoms with Crippen LogP contribution in [0.2, 0.25) is 0 Å². The Morgan fingerprint density at radius 3 is 1.97 bits per heavy atom. The van der Waals surface area contributed by atoms with Gasteiger partial charge in [0.2, 0.25) is 0 Å². The Hall–Kier alpha value is -0.620. The molecule has 172 valence electrons. The van der Waals surface area contributed by atoms with Crippen LogP contribution in [0.3, 0.4) is 0 Å². The molecule has 0 spiro atoms. The molecule has 0 aromatic rings. The summed E-state index contributed by atoms with van der Waals surface area (Å²) in [5.74, 6) is 0.629. The molecule has 0 N–H and O–H groups in total. The fraction of sp³-hybridized carbons (Fsp3) is 0.957. The molecule has 0 aromatic carbocycles. The zero-order chi connectivity index (χ0) is 21.5. The molecule has 29 heavy (non-hydrogen) atoms. The van der Waals surface area contributed by atoms with Gasteiger partial charge in [-0.1, -0.05) is 64.7 Å². The molecule has 0 radical (unpaired) electrons. The Morgan fingerprint density at radius 1 is 0.793 bits per heavy atom. The van der Waals surface area contributed by atoms with Crippen LogP contribution in [0.15, 0.2) is 0 Å². The van der Waals surface area contributed by atoms with Gasteiger partial charge in [0.25, 0.3) is 0 Å². The second kappa shape index (κ2) is 15.2. The van der Waals surface area contributed by atoms with Crippen LogP contribution in [0.5, 0.6) is 0 Å². The van der Waals surface area contributed by atoms with Crippen molar-refractivity contribution in [3.8, 4) is 0 Å². The number of carbonyl (C=O) groups is 1. The van der Waals surface area contributed by atoms with Crippen molar-refractivity contribution in [2.45, 2.75) is 103 Å². The Balaban J connectivity index is 2.04. The molecule has 1 saturated heterocycles. The molecule has 0 aromatic heterocycles. The molecule has 1 fully saturated rings. The highest BCUT2D eigenvalue weighted by Crippen LogP contribution is 2.31. The number of ether oxygens (including phenoxy) is 1. The maximum Gasteiger partial charge on any atom is 0.313 e. The van der Waals surface area contributed by atoms with Crippen molar-refractivity contribution < 1.29 is 17.9 Å². The number of carbonyl (C=O) groups excluding carboxylic acids is 1. The normalized spacial score (nSPS) is 19.4. The van der Waals surface area contributed by atoms with E-state index in [9.17, 15) is 13.2 Å². The Labute approximate surface area is 179 Å². The van der Waals surface area contributed by atoms with Gasteiger partial charge in [-0.25, -0.2) is 8.42 Å². The summed E-state index contributed by atoms with van der Waals surface area (Å²) in [6.45, 7) is 3.05. The minimum absolute atomic E-state index is 0.0265. The molecule has 1 aliphatic heterocycles. The van der Waals surface area contributed by atoms with Crippen LogP contribution in [-0.4, -0.2) is 57.5 Å². The monoisotopic (exact) mass is 431 g/mol. The van der Waals surface area contributed by atoms with E-state index in [0.29, 0.717) is 12.8 Å². The Bertz CT molecular complexity index is 533. The van der Waals surface area contributed by atoms with E-state index in [4.69, 9.17) is 4.74 Å². The van der Waals surface area contributed by atoms with Crippen LogP contribution in [0.4, 0.5) is 0 Å². The van der Waals surface area contributed by atoms with Crippen LogP contribution in [0.25, 0.3) is 0 Å². The number of unbranched alkanes of at least 4 members (excludes halogenated alkanes) is 9. The summed E-state index contributed by atoms with van der Waals surface area (Å²) in [6.07, 6.45) is 15.4. The molecule has 0 amide bonds. The molecule has 0 bridgehead atoms. The largest absolute Gasteiger partial charge is 0.461 e. The molecule has 2 atom stereocenters. The first-order valence-electron chi connectivity index (χ1n) is 11.9. The third-order valence-electron chi connectivity index (χ3n) is 5.89. The van der Waals surface area contributed by atoms with Crippen molar-refractivity contribution in [3.05, 3.63) is 0 Å². The van der Waals surface area contributed by atoms with E-state index in [0.717, 1.165) is 38.6 Å².